The Labute approximate surface area is 288 Å². The summed E-state index contributed by atoms with van der Waals surface area (Å²) in [4.78, 5) is 68.2. The number of carbonyl (C=O) groups is 5. The molecular formula is C32H55F3N6O7S. The predicted molar refractivity (Wildman–Crippen MR) is 179 cm³/mol. The summed E-state index contributed by atoms with van der Waals surface area (Å²) in [5.74, 6) is -3.31. The lowest BCUT2D eigenvalue weighted by Gasteiger charge is -2.38. The summed E-state index contributed by atoms with van der Waals surface area (Å²) in [5.41, 5.74) is -7.38. The number of likely N-dealkylation sites (N-methyl/N-ethyl adjacent to an activating group) is 1. The van der Waals surface area contributed by atoms with Gasteiger partial charge in [0.1, 0.15) is 12.1 Å². The maximum absolute atomic E-state index is 14.2. The number of halogens is 3. The first-order valence-electron chi connectivity index (χ1n) is 16.4. The highest BCUT2D eigenvalue weighted by molar-refractivity contribution is 7.89. The standard InChI is InChI=1S/C32H55F3N6O7S/c1-12-14-21(24(42)27(44)36-16-13-2)37-26(43)23-20(19(3)4)15-17-41(23)28(45)25(31(8,9)10)39-29(46)38-22(30(5,6)7)18-40(11)49(47,48)32(33,34)35/h13,19-23,25H,2,12,14-18H2,1,3-11H3,(H,36,44)(H,37,43)(H2,38,39,46)/t20?,21?,22-,23+,25-/m1/s1. The molecule has 0 aromatic carbocycles. The van der Waals surface area contributed by atoms with E-state index < -0.39 is 86.6 Å². The van der Waals surface area contributed by atoms with Gasteiger partial charge in [-0.05, 0) is 35.5 Å². The normalized spacial score (nSPS) is 19.2. The number of likely N-dealkylation sites (tertiary alicyclic amines) is 1. The summed E-state index contributed by atoms with van der Waals surface area (Å²) in [5, 5.41) is 10.3. The Morgan fingerprint density at radius 1 is 0.980 bits per heavy atom. The molecule has 0 aromatic rings. The van der Waals surface area contributed by atoms with Gasteiger partial charge in [0, 0.05) is 32.7 Å². The second kappa shape index (κ2) is 17.1. The minimum Gasteiger partial charge on any atom is -0.346 e. The van der Waals surface area contributed by atoms with E-state index in [4.69, 9.17) is 0 Å². The fraction of sp³-hybridized carbons (Fsp3) is 0.781. The third-order valence-electron chi connectivity index (χ3n) is 8.58. The van der Waals surface area contributed by atoms with Gasteiger partial charge < -0.3 is 26.2 Å². The van der Waals surface area contributed by atoms with Crippen molar-refractivity contribution in [2.24, 2.45) is 22.7 Å². The third-order valence-corrected chi connectivity index (χ3v) is 10.1. The lowest BCUT2D eigenvalue weighted by Crippen LogP contribution is -2.62. The van der Waals surface area contributed by atoms with Crippen molar-refractivity contribution in [3.63, 3.8) is 0 Å². The second-order valence-corrected chi connectivity index (χ2v) is 17.0. The SMILES string of the molecule is C=CCNC(=O)C(=O)C(CCC)NC(=O)[C@@H]1C(C(C)C)CCN1C(=O)[C@@H](NC(=O)N[C@H](CN(C)S(=O)(=O)C(F)(F)F)C(C)(C)C)C(C)(C)C. The Kier molecular flexibility index (Phi) is 15.3. The number of nitrogens with zero attached hydrogens (tertiary/aromatic N) is 2. The fourth-order valence-electron chi connectivity index (χ4n) is 5.54. The fourth-order valence-corrected chi connectivity index (χ4v) is 6.23. The minimum atomic E-state index is -5.68. The van der Waals surface area contributed by atoms with Crippen LogP contribution in [0.2, 0.25) is 0 Å². The number of sulfonamides is 1. The summed E-state index contributed by atoms with van der Waals surface area (Å²) in [7, 11) is -4.91. The molecule has 0 radical (unpaired) electrons. The van der Waals surface area contributed by atoms with E-state index in [-0.39, 0.29) is 35.7 Å². The molecule has 0 bridgehead atoms. The first kappa shape index (κ1) is 43.8. The summed E-state index contributed by atoms with van der Waals surface area (Å²) < 4.78 is 63.6. The van der Waals surface area contributed by atoms with Crippen LogP contribution in [0.3, 0.4) is 0 Å². The number of hydrogen-bond acceptors (Lipinski definition) is 7. The highest BCUT2D eigenvalue weighted by Crippen LogP contribution is 2.34. The highest BCUT2D eigenvalue weighted by Gasteiger charge is 2.50. The maximum atomic E-state index is 14.2. The summed E-state index contributed by atoms with van der Waals surface area (Å²) >= 11 is 0. The van der Waals surface area contributed by atoms with E-state index in [1.165, 1.54) is 11.0 Å². The van der Waals surface area contributed by atoms with Crippen LogP contribution in [0.5, 0.6) is 0 Å². The van der Waals surface area contributed by atoms with E-state index in [0.29, 0.717) is 12.8 Å². The Hall–Kier alpha value is -3.21. The number of ketones is 1. The number of alkyl halides is 3. The molecule has 0 saturated carbocycles. The average molecular weight is 725 g/mol. The van der Waals surface area contributed by atoms with E-state index in [1.54, 1.807) is 48.5 Å². The van der Waals surface area contributed by atoms with Gasteiger partial charge in [-0.1, -0.05) is 74.8 Å². The number of nitrogens with one attached hydrogen (secondary N) is 4. The molecule has 1 aliphatic heterocycles. The van der Waals surface area contributed by atoms with Crippen LogP contribution >= 0.6 is 0 Å². The van der Waals surface area contributed by atoms with Crippen molar-refractivity contribution in [2.75, 3.05) is 26.7 Å². The van der Waals surface area contributed by atoms with Crippen molar-refractivity contribution in [3.8, 4) is 0 Å². The van der Waals surface area contributed by atoms with Crippen molar-refractivity contribution >= 4 is 39.6 Å². The van der Waals surface area contributed by atoms with Gasteiger partial charge in [-0.25, -0.2) is 13.2 Å². The molecule has 1 aliphatic rings. The van der Waals surface area contributed by atoms with E-state index in [2.05, 4.69) is 27.8 Å². The first-order chi connectivity index (χ1) is 22.2. The number of urea groups is 1. The van der Waals surface area contributed by atoms with Gasteiger partial charge in [-0.2, -0.15) is 17.5 Å². The van der Waals surface area contributed by atoms with Crippen molar-refractivity contribution in [3.05, 3.63) is 12.7 Å². The van der Waals surface area contributed by atoms with Gasteiger partial charge in [0.15, 0.2) is 0 Å². The van der Waals surface area contributed by atoms with Crippen LogP contribution in [0.1, 0.15) is 81.6 Å². The van der Waals surface area contributed by atoms with Crippen molar-refractivity contribution in [2.45, 2.75) is 111 Å². The summed E-state index contributed by atoms with van der Waals surface area (Å²) in [6.07, 6.45) is 2.52. The summed E-state index contributed by atoms with van der Waals surface area (Å²) in [6.45, 7) is 18.5. The number of Topliss-reactive ketones (excluding diaryl/α,β-unsaturated/α-hetero) is 1. The van der Waals surface area contributed by atoms with Crippen LogP contribution in [-0.2, 0) is 29.2 Å². The van der Waals surface area contributed by atoms with Gasteiger partial charge in [0.25, 0.3) is 5.91 Å². The molecule has 13 nitrogen and oxygen atoms in total. The average Bonchev–Trinajstić information content (AvgIpc) is 3.41. The lowest BCUT2D eigenvalue weighted by molar-refractivity contribution is -0.144. The highest BCUT2D eigenvalue weighted by atomic mass is 32.2. The van der Waals surface area contributed by atoms with Gasteiger partial charge in [-0.3, -0.25) is 19.2 Å². The molecule has 5 atom stereocenters. The van der Waals surface area contributed by atoms with E-state index in [1.807, 2.05) is 13.8 Å². The molecule has 0 spiro atoms. The zero-order valence-electron chi connectivity index (χ0n) is 30.3. The number of hydrogen-bond donors (Lipinski definition) is 4. The Morgan fingerprint density at radius 2 is 1.55 bits per heavy atom. The molecule has 1 heterocycles. The molecule has 1 fully saturated rings. The van der Waals surface area contributed by atoms with Crippen LogP contribution in [0.15, 0.2) is 12.7 Å². The van der Waals surface area contributed by atoms with E-state index >= 15 is 0 Å². The Morgan fingerprint density at radius 3 is 2.00 bits per heavy atom. The molecule has 4 N–H and O–H groups in total. The van der Waals surface area contributed by atoms with Crippen LogP contribution in [0.25, 0.3) is 0 Å². The van der Waals surface area contributed by atoms with Crippen molar-refractivity contribution < 1.29 is 45.6 Å². The van der Waals surface area contributed by atoms with Crippen LogP contribution < -0.4 is 21.3 Å². The molecular weight excluding hydrogens is 669 g/mol. The third kappa shape index (κ3) is 11.7. The van der Waals surface area contributed by atoms with Gasteiger partial charge >= 0.3 is 21.6 Å². The van der Waals surface area contributed by atoms with Gasteiger partial charge in [0.05, 0.1) is 6.04 Å². The van der Waals surface area contributed by atoms with Crippen LogP contribution in [0, 0.1) is 22.7 Å². The maximum Gasteiger partial charge on any atom is 0.511 e. The van der Waals surface area contributed by atoms with Crippen LogP contribution in [0.4, 0.5) is 18.0 Å². The molecule has 1 saturated heterocycles. The van der Waals surface area contributed by atoms with Crippen molar-refractivity contribution in [1.82, 2.24) is 30.5 Å². The minimum absolute atomic E-state index is 0.0618. The van der Waals surface area contributed by atoms with E-state index in [0.717, 1.165) is 7.05 Å². The van der Waals surface area contributed by atoms with Crippen molar-refractivity contribution in [1.29, 1.82) is 0 Å². The Bertz CT molecular complexity index is 1330. The smallest absolute Gasteiger partial charge is 0.346 e. The zero-order valence-corrected chi connectivity index (χ0v) is 31.1. The quantitative estimate of drug-likeness (QED) is 0.148. The monoisotopic (exact) mass is 724 g/mol. The molecule has 282 valence electrons. The molecule has 5 amide bonds. The first-order valence-corrected chi connectivity index (χ1v) is 17.8. The zero-order chi connectivity index (χ0) is 38.3. The van der Waals surface area contributed by atoms with Crippen LogP contribution in [-0.4, -0.2) is 104 Å². The molecule has 0 aliphatic carbocycles. The largest absolute Gasteiger partial charge is 0.511 e. The molecule has 17 heteroatoms. The number of carbonyl (C=O) groups excluding carboxylic acids is 5. The number of amides is 5. The molecule has 1 rings (SSSR count). The molecule has 49 heavy (non-hydrogen) atoms. The Balaban J connectivity index is 3.37. The molecule has 2 unspecified atom stereocenters. The van der Waals surface area contributed by atoms with E-state index in [9.17, 15) is 45.6 Å². The topological polar surface area (TPSA) is 174 Å². The second-order valence-electron chi connectivity index (χ2n) is 15.0. The summed E-state index contributed by atoms with van der Waals surface area (Å²) in [6, 6.07) is -5.44. The predicted octanol–water partition coefficient (Wildman–Crippen LogP) is 2.93. The number of rotatable bonds is 15. The van der Waals surface area contributed by atoms with Gasteiger partial charge in [0.2, 0.25) is 17.6 Å². The molecule has 0 aromatic heterocycles. The lowest BCUT2D eigenvalue weighted by atomic mass is 9.84. The van der Waals surface area contributed by atoms with Gasteiger partial charge in [-0.15, -0.1) is 6.58 Å².